The van der Waals surface area contributed by atoms with Crippen molar-refractivity contribution in [2.24, 2.45) is 0 Å². The van der Waals surface area contributed by atoms with Crippen molar-refractivity contribution in [1.82, 2.24) is 4.72 Å². The van der Waals surface area contributed by atoms with Crippen LogP contribution in [0.5, 0.6) is 5.75 Å². The quantitative estimate of drug-likeness (QED) is 0.681. The highest BCUT2D eigenvalue weighted by Crippen LogP contribution is 2.28. The van der Waals surface area contributed by atoms with Gasteiger partial charge in [-0.1, -0.05) is 42.1 Å². The standard InChI is InChI=1S/C21H25ClN2O4S/c1-14-7-9-19(15(2)11-14)23-21(25)13-28-20-10-8-17(12-18(20)22)29(26,27)24-16-5-3-4-6-16/h7-12,16,24H,3-6,13H2,1-2H3,(H,23,25). The molecule has 2 aromatic carbocycles. The maximum atomic E-state index is 12.5. The van der Waals surface area contributed by atoms with Crippen molar-refractivity contribution in [3.63, 3.8) is 0 Å². The van der Waals surface area contributed by atoms with Crippen LogP contribution < -0.4 is 14.8 Å². The first-order valence-corrected chi connectivity index (χ1v) is 11.4. The zero-order valence-corrected chi connectivity index (χ0v) is 18.1. The van der Waals surface area contributed by atoms with E-state index in [1.165, 1.54) is 18.2 Å². The Labute approximate surface area is 176 Å². The maximum absolute atomic E-state index is 12.5. The van der Waals surface area contributed by atoms with Crippen LogP contribution in [0.1, 0.15) is 36.8 Å². The average molecular weight is 437 g/mol. The van der Waals surface area contributed by atoms with Gasteiger partial charge in [-0.25, -0.2) is 13.1 Å². The lowest BCUT2D eigenvalue weighted by atomic mass is 10.1. The molecule has 2 N–H and O–H groups in total. The fraction of sp³-hybridized carbons (Fsp3) is 0.381. The summed E-state index contributed by atoms with van der Waals surface area (Å²) in [5.74, 6) is -0.0742. The summed E-state index contributed by atoms with van der Waals surface area (Å²) in [6, 6.07) is 9.95. The van der Waals surface area contributed by atoms with Crippen LogP contribution >= 0.6 is 11.6 Å². The predicted octanol–water partition coefficient (Wildman–Crippen LogP) is 4.20. The lowest BCUT2D eigenvalue weighted by Gasteiger charge is -2.14. The summed E-state index contributed by atoms with van der Waals surface area (Å²) in [5, 5.41) is 2.93. The Bertz CT molecular complexity index is 1000. The van der Waals surface area contributed by atoms with Gasteiger partial charge >= 0.3 is 0 Å². The number of rotatable bonds is 7. The Balaban J connectivity index is 1.60. The summed E-state index contributed by atoms with van der Waals surface area (Å²) >= 11 is 6.19. The molecule has 0 spiro atoms. The highest BCUT2D eigenvalue weighted by Gasteiger charge is 2.23. The first kappa shape index (κ1) is 21.6. The van der Waals surface area contributed by atoms with Crippen LogP contribution in [0, 0.1) is 13.8 Å². The molecular weight excluding hydrogens is 412 g/mol. The van der Waals surface area contributed by atoms with Crippen molar-refractivity contribution in [3.05, 3.63) is 52.5 Å². The fourth-order valence-corrected chi connectivity index (χ4v) is 5.01. The predicted molar refractivity (Wildman–Crippen MR) is 114 cm³/mol. The second-order valence-electron chi connectivity index (χ2n) is 7.35. The molecular formula is C21H25ClN2O4S. The number of carbonyl (C=O) groups excluding carboxylic acids is 1. The van der Waals surface area contributed by atoms with E-state index in [2.05, 4.69) is 10.0 Å². The van der Waals surface area contributed by atoms with Crippen LogP contribution in [0.4, 0.5) is 5.69 Å². The van der Waals surface area contributed by atoms with Gasteiger partial charge in [-0.3, -0.25) is 4.79 Å². The molecule has 1 aliphatic carbocycles. The lowest BCUT2D eigenvalue weighted by molar-refractivity contribution is -0.118. The third kappa shape index (κ3) is 5.72. The number of benzene rings is 2. The topological polar surface area (TPSA) is 84.5 Å². The monoisotopic (exact) mass is 436 g/mol. The van der Waals surface area contributed by atoms with Gasteiger partial charge in [0.1, 0.15) is 5.75 Å². The van der Waals surface area contributed by atoms with Crippen molar-refractivity contribution in [1.29, 1.82) is 0 Å². The van der Waals surface area contributed by atoms with Gasteiger partial charge in [0, 0.05) is 11.7 Å². The third-order valence-electron chi connectivity index (χ3n) is 4.91. The second-order valence-corrected chi connectivity index (χ2v) is 9.47. The molecule has 1 aliphatic rings. The minimum Gasteiger partial charge on any atom is -0.482 e. The van der Waals surface area contributed by atoms with Gasteiger partial charge < -0.3 is 10.1 Å². The van der Waals surface area contributed by atoms with E-state index in [1.54, 1.807) is 0 Å². The Hall–Kier alpha value is -2.09. The summed E-state index contributed by atoms with van der Waals surface area (Å²) in [5.41, 5.74) is 2.79. The molecule has 156 valence electrons. The van der Waals surface area contributed by atoms with E-state index in [0.717, 1.165) is 42.5 Å². The molecule has 0 heterocycles. The van der Waals surface area contributed by atoms with Gasteiger partial charge in [0.15, 0.2) is 6.61 Å². The molecule has 0 unspecified atom stereocenters. The van der Waals surface area contributed by atoms with Gasteiger partial charge in [0.2, 0.25) is 10.0 Å². The van der Waals surface area contributed by atoms with Gasteiger partial charge in [-0.15, -0.1) is 0 Å². The van der Waals surface area contributed by atoms with Gasteiger partial charge in [-0.05, 0) is 56.5 Å². The zero-order valence-electron chi connectivity index (χ0n) is 16.5. The molecule has 8 heteroatoms. The van der Waals surface area contributed by atoms with Crippen LogP contribution in [0.3, 0.4) is 0 Å². The Morgan fingerprint density at radius 1 is 1.14 bits per heavy atom. The Morgan fingerprint density at radius 3 is 2.52 bits per heavy atom. The molecule has 6 nitrogen and oxygen atoms in total. The average Bonchev–Trinajstić information content (AvgIpc) is 3.15. The normalized spacial score (nSPS) is 14.7. The number of hydrogen-bond donors (Lipinski definition) is 2. The van der Waals surface area contributed by atoms with Crippen LogP contribution in [-0.4, -0.2) is 27.0 Å². The molecule has 0 aliphatic heterocycles. The van der Waals surface area contributed by atoms with Gasteiger partial charge in [0.05, 0.1) is 9.92 Å². The van der Waals surface area contributed by atoms with Crippen molar-refractivity contribution in [2.75, 3.05) is 11.9 Å². The van der Waals surface area contributed by atoms with Crippen molar-refractivity contribution in [3.8, 4) is 5.75 Å². The molecule has 29 heavy (non-hydrogen) atoms. The Kier molecular flexibility index (Phi) is 6.82. The summed E-state index contributed by atoms with van der Waals surface area (Å²) in [6.45, 7) is 3.66. The van der Waals surface area contributed by atoms with E-state index in [9.17, 15) is 13.2 Å². The van der Waals surface area contributed by atoms with E-state index in [-0.39, 0.29) is 34.2 Å². The SMILES string of the molecule is Cc1ccc(NC(=O)COc2ccc(S(=O)(=O)NC3CCCC3)cc2Cl)c(C)c1. The number of halogens is 1. The zero-order chi connectivity index (χ0) is 21.0. The summed E-state index contributed by atoms with van der Waals surface area (Å²) < 4.78 is 33.2. The first-order valence-electron chi connectivity index (χ1n) is 9.56. The first-order chi connectivity index (χ1) is 13.7. The minimum atomic E-state index is -3.63. The molecule has 1 saturated carbocycles. The van der Waals surface area contributed by atoms with Gasteiger partial charge in [-0.2, -0.15) is 0 Å². The summed E-state index contributed by atoms with van der Waals surface area (Å²) in [4.78, 5) is 12.3. The minimum absolute atomic E-state index is 0.0244. The van der Waals surface area contributed by atoms with Crippen molar-refractivity contribution >= 4 is 33.2 Å². The van der Waals surface area contributed by atoms with Crippen LogP contribution in [0.25, 0.3) is 0 Å². The van der Waals surface area contributed by atoms with E-state index < -0.39 is 10.0 Å². The number of anilines is 1. The Morgan fingerprint density at radius 2 is 1.86 bits per heavy atom. The number of carbonyl (C=O) groups is 1. The lowest BCUT2D eigenvalue weighted by Crippen LogP contribution is -2.32. The van der Waals surface area contributed by atoms with Crippen molar-refractivity contribution < 1.29 is 17.9 Å². The molecule has 2 aromatic rings. The molecule has 1 fully saturated rings. The number of sulfonamides is 1. The van der Waals surface area contributed by atoms with E-state index >= 15 is 0 Å². The van der Waals surface area contributed by atoms with Crippen LogP contribution in [0.2, 0.25) is 5.02 Å². The van der Waals surface area contributed by atoms with E-state index in [0.29, 0.717) is 0 Å². The molecule has 0 atom stereocenters. The third-order valence-corrected chi connectivity index (χ3v) is 6.72. The molecule has 0 radical (unpaired) electrons. The number of aryl methyl sites for hydroxylation is 2. The summed E-state index contributed by atoms with van der Waals surface area (Å²) in [6.07, 6.45) is 3.77. The maximum Gasteiger partial charge on any atom is 0.262 e. The highest BCUT2D eigenvalue weighted by atomic mass is 35.5. The van der Waals surface area contributed by atoms with Crippen LogP contribution in [0.15, 0.2) is 41.3 Å². The van der Waals surface area contributed by atoms with Crippen molar-refractivity contribution in [2.45, 2.75) is 50.5 Å². The summed E-state index contributed by atoms with van der Waals surface area (Å²) in [7, 11) is -3.63. The fourth-order valence-electron chi connectivity index (χ4n) is 3.38. The molecule has 0 aromatic heterocycles. The van der Waals surface area contributed by atoms with E-state index in [4.69, 9.17) is 16.3 Å². The number of ether oxygens (including phenoxy) is 1. The largest absolute Gasteiger partial charge is 0.482 e. The highest BCUT2D eigenvalue weighted by molar-refractivity contribution is 7.89. The van der Waals surface area contributed by atoms with Gasteiger partial charge in [0.25, 0.3) is 5.91 Å². The molecule has 0 bridgehead atoms. The molecule has 0 saturated heterocycles. The molecule has 3 rings (SSSR count). The number of nitrogens with one attached hydrogen (secondary N) is 2. The second kappa shape index (κ2) is 9.15. The van der Waals surface area contributed by atoms with E-state index in [1.807, 2.05) is 32.0 Å². The number of hydrogen-bond acceptors (Lipinski definition) is 4. The molecule has 1 amide bonds. The smallest absolute Gasteiger partial charge is 0.262 e. The van der Waals surface area contributed by atoms with Crippen LogP contribution in [-0.2, 0) is 14.8 Å². The number of amides is 1.